The van der Waals surface area contributed by atoms with Crippen molar-refractivity contribution >= 4 is 0 Å². The molecule has 74 valence electrons. The van der Waals surface area contributed by atoms with Crippen LogP contribution in [0.1, 0.15) is 5.56 Å². The molecule has 1 saturated carbocycles. The van der Waals surface area contributed by atoms with Gasteiger partial charge in [-0.2, -0.15) is 0 Å². The Morgan fingerprint density at radius 3 is 2.57 bits per heavy atom. The van der Waals surface area contributed by atoms with Gasteiger partial charge >= 0.3 is 0 Å². The Morgan fingerprint density at radius 2 is 1.86 bits per heavy atom. The van der Waals surface area contributed by atoms with Gasteiger partial charge in [-0.1, -0.05) is 30.3 Å². The molecule has 2 nitrogen and oxygen atoms in total. The lowest BCUT2D eigenvalue weighted by Crippen LogP contribution is -2.27. The van der Waals surface area contributed by atoms with E-state index in [2.05, 4.69) is 41.0 Å². The highest BCUT2D eigenvalue weighted by Gasteiger charge is 2.52. The first kappa shape index (κ1) is 8.45. The summed E-state index contributed by atoms with van der Waals surface area (Å²) in [4.78, 5) is 0. The van der Waals surface area contributed by atoms with E-state index in [0.29, 0.717) is 0 Å². The van der Waals surface area contributed by atoms with E-state index >= 15 is 0 Å². The van der Waals surface area contributed by atoms with Crippen LogP contribution in [0.3, 0.4) is 0 Å². The molecule has 2 N–H and O–H groups in total. The molecule has 1 aliphatic heterocycles. The number of hydrogen-bond donors (Lipinski definition) is 2. The van der Waals surface area contributed by atoms with Crippen molar-refractivity contribution in [2.45, 2.75) is 12.6 Å². The summed E-state index contributed by atoms with van der Waals surface area (Å²) in [5, 5.41) is 7.04. The highest BCUT2D eigenvalue weighted by Crippen LogP contribution is 2.41. The second-order valence-corrected chi connectivity index (χ2v) is 4.38. The van der Waals surface area contributed by atoms with Crippen molar-refractivity contribution < 1.29 is 0 Å². The fourth-order valence-electron chi connectivity index (χ4n) is 2.55. The summed E-state index contributed by atoms with van der Waals surface area (Å²) in [6.07, 6.45) is 0. The van der Waals surface area contributed by atoms with Crippen LogP contribution in [0.5, 0.6) is 0 Å². The quantitative estimate of drug-likeness (QED) is 0.739. The van der Waals surface area contributed by atoms with Crippen molar-refractivity contribution in [1.82, 2.24) is 10.6 Å². The third-order valence-corrected chi connectivity index (χ3v) is 3.48. The molecule has 1 aromatic rings. The van der Waals surface area contributed by atoms with Crippen molar-refractivity contribution in [3.8, 4) is 0 Å². The van der Waals surface area contributed by atoms with Crippen molar-refractivity contribution in [2.75, 3.05) is 13.1 Å². The Balaban J connectivity index is 1.52. The lowest BCUT2D eigenvalue weighted by molar-refractivity contribution is 0.566. The van der Waals surface area contributed by atoms with Gasteiger partial charge in [0.1, 0.15) is 0 Å². The van der Waals surface area contributed by atoms with E-state index in [1.165, 1.54) is 18.7 Å². The molecule has 0 amide bonds. The van der Waals surface area contributed by atoms with Crippen LogP contribution in [0.2, 0.25) is 0 Å². The lowest BCUT2D eigenvalue weighted by atomic mass is 10.2. The lowest BCUT2D eigenvalue weighted by Gasteiger charge is -2.07. The van der Waals surface area contributed by atoms with Crippen LogP contribution in [-0.4, -0.2) is 19.1 Å². The first-order chi connectivity index (χ1) is 6.95. The minimum absolute atomic E-state index is 0.788. The topological polar surface area (TPSA) is 24.1 Å². The van der Waals surface area contributed by atoms with Gasteiger partial charge in [-0.15, -0.1) is 0 Å². The van der Waals surface area contributed by atoms with E-state index < -0.39 is 0 Å². The maximum atomic E-state index is 3.63. The van der Waals surface area contributed by atoms with Gasteiger partial charge in [0.25, 0.3) is 0 Å². The number of hydrogen-bond acceptors (Lipinski definition) is 2. The molecule has 0 spiro atoms. The molecule has 1 aromatic carbocycles. The summed E-state index contributed by atoms with van der Waals surface area (Å²) in [5.41, 5.74) is 1.39. The van der Waals surface area contributed by atoms with E-state index in [-0.39, 0.29) is 0 Å². The van der Waals surface area contributed by atoms with Crippen molar-refractivity contribution in [3.63, 3.8) is 0 Å². The zero-order valence-electron chi connectivity index (χ0n) is 8.24. The Kier molecular flexibility index (Phi) is 2.03. The molecule has 3 atom stereocenters. The summed E-state index contributed by atoms with van der Waals surface area (Å²) >= 11 is 0. The van der Waals surface area contributed by atoms with Crippen LogP contribution in [0.15, 0.2) is 30.3 Å². The van der Waals surface area contributed by atoms with E-state index in [1.807, 2.05) is 0 Å². The minimum Gasteiger partial charge on any atom is -0.316 e. The van der Waals surface area contributed by atoms with Crippen LogP contribution in [0, 0.1) is 11.8 Å². The average Bonchev–Trinajstić information content (AvgIpc) is 2.69. The molecule has 1 aliphatic carbocycles. The highest BCUT2D eigenvalue weighted by atomic mass is 15.1. The molecule has 2 heteroatoms. The maximum absolute atomic E-state index is 3.63. The Labute approximate surface area is 84.7 Å². The van der Waals surface area contributed by atoms with Gasteiger partial charge in [0.15, 0.2) is 0 Å². The van der Waals surface area contributed by atoms with Crippen LogP contribution in [0.25, 0.3) is 0 Å². The molecular formula is C12H16N2. The predicted molar refractivity (Wildman–Crippen MR) is 56.9 cm³/mol. The zero-order valence-corrected chi connectivity index (χ0v) is 8.24. The normalized spacial score (nSPS) is 34.1. The van der Waals surface area contributed by atoms with E-state index in [4.69, 9.17) is 0 Å². The second kappa shape index (κ2) is 3.37. The number of piperidine rings is 1. The van der Waals surface area contributed by atoms with Gasteiger partial charge in [0.2, 0.25) is 0 Å². The third-order valence-electron chi connectivity index (χ3n) is 3.48. The smallest absolute Gasteiger partial charge is 0.0208 e. The highest BCUT2D eigenvalue weighted by molar-refractivity contribution is 5.16. The summed E-state index contributed by atoms with van der Waals surface area (Å²) in [7, 11) is 0. The molecule has 1 unspecified atom stereocenters. The van der Waals surface area contributed by atoms with Gasteiger partial charge in [0, 0.05) is 12.6 Å². The first-order valence-electron chi connectivity index (χ1n) is 5.43. The fourth-order valence-corrected chi connectivity index (χ4v) is 2.55. The van der Waals surface area contributed by atoms with Crippen LogP contribution in [-0.2, 0) is 6.54 Å². The average molecular weight is 188 g/mol. The predicted octanol–water partition coefficient (Wildman–Crippen LogP) is 0.994. The molecular weight excluding hydrogens is 172 g/mol. The number of nitrogens with one attached hydrogen (secondary N) is 2. The van der Waals surface area contributed by atoms with E-state index in [1.54, 1.807) is 0 Å². The molecule has 14 heavy (non-hydrogen) atoms. The largest absolute Gasteiger partial charge is 0.316 e. The third kappa shape index (κ3) is 1.45. The molecule has 2 aliphatic rings. The zero-order chi connectivity index (χ0) is 9.38. The van der Waals surface area contributed by atoms with Crippen LogP contribution < -0.4 is 10.6 Å². The molecule has 0 bridgehead atoms. The molecule has 1 saturated heterocycles. The first-order valence-corrected chi connectivity index (χ1v) is 5.43. The summed E-state index contributed by atoms with van der Waals surface area (Å²) in [6.45, 7) is 3.47. The Bertz CT molecular complexity index is 299. The number of benzene rings is 1. The van der Waals surface area contributed by atoms with Crippen molar-refractivity contribution in [2.24, 2.45) is 11.8 Å². The van der Waals surface area contributed by atoms with Gasteiger partial charge in [-0.25, -0.2) is 0 Å². The second-order valence-electron chi connectivity index (χ2n) is 4.38. The van der Waals surface area contributed by atoms with Gasteiger partial charge in [0.05, 0.1) is 0 Å². The van der Waals surface area contributed by atoms with Crippen LogP contribution in [0.4, 0.5) is 0 Å². The molecule has 1 heterocycles. The van der Waals surface area contributed by atoms with Gasteiger partial charge < -0.3 is 10.6 Å². The standard InChI is InChI=1S/C12H16N2/c1-2-4-9(5-3-1)6-14-12-10-7-13-8-11(10)12/h1-5,10-14H,6-8H2/t10-,11+,12?. The number of rotatable bonds is 3. The SMILES string of the molecule is c1ccc(CNC2[C@H]3CNC[C@@H]23)cc1. The maximum Gasteiger partial charge on any atom is 0.0208 e. The van der Waals surface area contributed by atoms with Crippen molar-refractivity contribution in [3.05, 3.63) is 35.9 Å². The minimum atomic E-state index is 0.788. The van der Waals surface area contributed by atoms with Crippen LogP contribution >= 0.6 is 0 Å². The molecule has 3 rings (SSSR count). The Hall–Kier alpha value is -0.860. The van der Waals surface area contributed by atoms with E-state index in [0.717, 1.165) is 24.4 Å². The Morgan fingerprint density at radius 1 is 1.14 bits per heavy atom. The molecule has 2 fully saturated rings. The summed E-state index contributed by atoms with van der Waals surface area (Å²) in [5.74, 6) is 1.83. The van der Waals surface area contributed by atoms with Crippen molar-refractivity contribution in [1.29, 1.82) is 0 Å². The van der Waals surface area contributed by atoms with Gasteiger partial charge in [-0.3, -0.25) is 0 Å². The monoisotopic (exact) mass is 188 g/mol. The van der Waals surface area contributed by atoms with E-state index in [9.17, 15) is 0 Å². The summed E-state index contributed by atoms with van der Waals surface area (Å²) in [6, 6.07) is 11.4. The summed E-state index contributed by atoms with van der Waals surface area (Å²) < 4.78 is 0. The molecule has 0 radical (unpaired) electrons. The number of fused-ring (bicyclic) bond motifs is 1. The van der Waals surface area contributed by atoms with Gasteiger partial charge in [-0.05, 0) is 30.5 Å². The fraction of sp³-hybridized carbons (Fsp3) is 0.500. The molecule has 0 aromatic heterocycles.